The lowest BCUT2D eigenvalue weighted by Gasteiger charge is -2.10. The van der Waals surface area contributed by atoms with Gasteiger partial charge in [-0.25, -0.2) is 9.97 Å². The lowest BCUT2D eigenvalue weighted by atomic mass is 9.99. The summed E-state index contributed by atoms with van der Waals surface area (Å²) in [4.78, 5) is 22.5. The molecule has 0 saturated heterocycles. The van der Waals surface area contributed by atoms with Crippen LogP contribution in [0.15, 0.2) is 35.7 Å². The summed E-state index contributed by atoms with van der Waals surface area (Å²) in [6, 6.07) is 10.0. The van der Waals surface area contributed by atoms with Crippen molar-refractivity contribution in [3.63, 3.8) is 0 Å². The van der Waals surface area contributed by atoms with Crippen LogP contribution in [0.25, 0.3) is 10.6 Å². The Morgan fingerprint density at radius 3 is 2.69 bits per heavy atom. The van der Waals surface area contributed by atoms with Crippen LogP contribution < -0.4 is 5.32 Å². The normalized spacial score (nSPS) is 11.7. The van der Waals surface area contributed by atoms with Gasteiger partial charge >= 0.3 is 0 Å². The summed E-state index contributed by atoms with van der Waals surface area (Å²) in [6.45, 7) is 3.94. The predicted octanol–water partition coefficient (Wildman–Crippen LogP) is 4.70. The summed E-state index contributed by atoms with van der Waals surface area (Å²) in [5, 5.41) is 6.36. The Kier molecular flexibility index (Phi) is 5.82. The molecule has 26 heavy (non-hydrogen) atoms. The molecule has 0 saturated carbocycles. The zero-order valence-electron chi connectivity index (χ0n) is 14.7. The molecule has 1 atom stereocenters. The van der Waals surface area contributed by atoms with Crippen LogP contribution in [0, 0.1) is 32.1 Å². The molecule has 0 radical (unpaired) electrons. The first-order chi connectivity index (χ1) is 12.6. The van der Waals surface area contributed by atoms with Gasteiger partial charge in [0.1, 0.15) is 0 Å². The SMILES string of the molecule is C#C[C@H](CCc1ccccc1)C(=O)Nc1nc(-c2sc(C)nc2C)cs1. The fraction of sp³-hybridized carbons (Fsp3) is 0.250. The van der Waals surface area contributed by atoms with Crippen LogP contribution >= 0.6 is 22.7 Å². The van der Waals surface area contributed by atoms with Crippen molar-refractivity contribution in [1.82, 2.24) is 9.97 Å². The predicted molar refractivity (Wildman–Crippen MR) is 108 cm³/mol. The smallest absolute Gasteiger partial charge is 0.241 e. The Morgan fingerprint density at radius 1 is 1.27 bits per heavy atom. The van der Waals surface area contributed by atoms with E-state index >= 15 is 0 Å². The summed E-state index contributed by atoms with van der Waals surface area (Å²) in [5.74, 6) is 1.94. The van der Waals surface area contributed by atoms with Crippen molar-refractivity contribution in [3.8, 4) is 22.9 Å². The Bertz CT molecular complexity index is 938. The second kappa shape index (κ2) is 8.26. The minimum Gasteiger partial charge on any atom is -0.301 e. The van der Waals surface area contributed by atoms with Gasteiger partial charge in [-0.3, -0.25) is 4.79 Å². The van der Waals surface area contributed by atoms with Crippen molar-refractivity contribution in [2.75, 3.05) is 5.32 Å². The van der Waals surface area contributed by atoms with Crippen molar-refractivity contribution in [2.45, 2.75) is 26.7 Å². The monoisotopic (exact) mass is 381 g/mol. The number of nitrogens with zero attached hydrogens (tertiary/aromatic N) is 2. The number of anilines is 1. The number of thiazole rings is 2. The number of carbonyl (C=O) groups is 1. The van der Waals surface area contributed by atoms with Gasteiger partial charge < -0.3 is 5.32 Å². The maximum absolute atomic E-state index is 12.5. The van der Waals surface area contributed by atoms with E-state index in [9.17, 15) is 4.79 Å². The standard InChI is InChI=1S/C20H19N3OS2/c1-4-16(11-10-15-8-6-5-7-9-15)19(24)23-20-22-17(12-25-20)18-13(2)21-14(3)26-18/h1,5-9,12,16H,10-11H2,2-3H3,(H,22,23,24)/t16-/m1/s1. The molecule has 0 aliphatic carbocycles. The lowest BCUT2D eigenvalue weighted by molar-refractivity contribution is -0.118. The number of amides is 1. The van der Waals surface area contributed by atoms with E-state index in [2.05, 4.69) is 21.2 Å². The van der Waals surface area contributed by atoms with E-state index in [0.717, 1.165) is 27.7 Å². The fourth-order valence-corrected chi connectivity index (χ4v) is 4.30. The number of rotatable bonds is 6. The molecule has 0 fully saturated rings. The van der Waals surface area contributed by atoms with E-state index in [0.29, 0.717) is 11.6 Å². The summed E-state index contributed by atoms with van der Waals surface area (Å²) >= 11 is 3.00. The maximum atomic E-state index is 12.5. The van der Waals surface area contributed by atoms with Gasteiger partial charge in [0.25, 0.3) is 0 Å². The molecule has 0 spiro atoms. The fourth-order valence-electron chi connectivity index (χ4n) is 2.64. The third-order valence-corrected chi connectivity index (χ3v) is 5.81. The van der Waals surface area contributed by atoms with Gasteiger partial charge in [0.05, 0.1) is 27.2 Å². The number of nitrogens with one attached hydrogen (secondary N) is 1. The Morgan fingerprint density at radius 2 is 2.04 bits per heavy atom. The lowest BCUT2D eigenvalue weighted by Crippen LogP contribution is -2.22. The average molecular weight is 382 g/mol. The Balaban J connectivity index is 1.63. The van der Waals surface area contributed by atoms with Crippen LogP contribution in [0.3, 0.4) is 0 Å². The topological polar surface area (TPSA) is 54.9 Å². The molecule has 0 aliphatic heterocycles. The van der Waals surface area contributed by atoms with Crippen molar-refractivity contribution in [2.24, 2.45) is 5.92 Å². The van der Waals surface area contributed by atoms with Crippen LogP contribution in [0.2, 0.25) is 0 Å². The number of carbonyl (C=O) groups excluding carboxylic acids is 1. The molecule has 1 amide bonds. The molecule has 0 bridgehead atoms. The molecule has 3 rings (SSSR count). The van der Waals surface area contributed by atoms with Gasteiger partial charge in [0.15, 0.2) is 5.13 Å². The van der Waals surface area contributed by atoms with Gasteiger partial charge in [-0.2, -0.15) is 0 Å². The second-order valence-corrected chi connectivity index (χ2v) is 7.98. The molecule has 1 aromatic carbocycles. The number of benzene rings is 1. The van der Waals surface area contributed by atoms with E-state index in [-0.39, 0.29) is 5.91 Å². The third kappa shape index (κ3) is 4.37. The molecule has 2 aromatic heterocycles. The average Bonchev–Trinajstić information content (AvgIpc) is 3.22. The molecule has 132 valence electrons. The number of terminal acetylenes is 1. The van der Waals surface area contributed by atoms with Crippen molar-refractivity contribution >= 4 is 33.7 Å². The van der Waals surface area contributed by atoms with E-state index < -0.39 is 5.92 Å². The third-order valence-electron chi connectivity index (χ3n) is 3.95. The van der Waals surface area contributed by atoms with Gasteiger partial charge in [-0.1, -0.05) is 36.3 Å². The van der Waals surface area contributed by atoms with Crippen molar-refractivity contribution in [3.05, 3.63) is 52.0 Å². The molecule has 0 unspecified atom stereocenters. The summed E-state index contributed by atoms with van der Waals surface area (Å²) in [7, 11) is 0. The summed E-state index contributed by atoms with van der Waals surface area (Å²) < 4.78 is 0. The summed E-state index contributed by atoms with van der Waals surface area (Å²) in [5.41, 5.74) is 2.98. The zero-order chi connectivity index (χ0) is 18.5. The number of hydrogen-bond donors (Lipinski definition) is 1. The number of aryl methyl sites for hydroxylation is 3. The molecule has 1 N–H and O–H groups in total. The molecule has 6 heteroatoms. The molecule has 3 aromatic rings. The first kappa shape index (κ1) is 18.3. The van der Waals surface area contributed by atoms with Crippen LogP contribution in [-0.2, 0) is 11.2 Å². The molecule has 2 heterocycles. The number of hydrogen-bond acceptors (Lipinski definition) is 5. The van der Waals surface area contributed by atoms with Crippen LogP contribution in [0.4, 0.5) is 5.13 Å². The van der Waals surface area contributed by atoms with Gasteiger partial charge in [-0.05, 0) is 32.3 Å². The minimum atomic E-state index is -0.477. The first-order valence-corrected chi connectivity index (χ1v) is 9.97. The van der Waals surface area contributed by atoms with E-state index in [4.69, 9.17) is 6.42 Å². The van der Waals surface area contributed by atoms with Crippen LogP contribution in [-0.4, -0.2) is 15.9 Å². The largest absolute Gasteiger partial charge is 0.301 e. The van der Waals surface area contributed by atoms with Gasteiger partial charge in [0.2, 0.25) is 5.91 Å². The molecule has 0 aliphatic rings. The minimum absolute atomic E-state index is 0.179. The Labute approximate surface area is 161 Å². The highest BCUT2D eigenvalue weighted by Gasteiger charge is 2.18. The van der Waals surface area contributed by atoms with Crippen molar-refractivity contribution in [1.29, 1.82) is 0 Å². The van der Waals surface area contributed by atoms with E-state index in [1.165, 1.54) is 16.9 Å². The summed E-state index contributed by atoms with van der Waals surface area (Å²) in [6.07, 6.45) is 6.95. The van der Waals surface area contributed by atoms with Gasteiger partial charge in [0, 0.05) is 5.38 Å². The quantitative estimate of drug-likeness (QED) is 0.630. The van der Waals surface area contributed by atoms with Crippen LogP contribution in [0.1, 0.15) is 22.7 Å². The zero-order valence-corrected chi connectivity index (χ0v) is 16.3. The molecular formula is C20H19N3OS2. The Hall–Kier alpha value is -2.49. The first-order valence-electron chi connectivity index (χ1n) is 8.27. The molecule has 4 nitrogen and oxygen atoms in total. The van der Waals surface area contributed by atoms with Crippen molar-refractivity contribution < 1.29 is 4.79 Å². The highest BCUT2D eigenvalue weighted by Crippen LogP contribution is 2.32. The maximum Gasteiger partial charge on any atom is 0.241 e. The van der Waals surface area contributed by atoms with Gasteiger partial charge in [-0.15, -0.1) is 29.1 Å². The highest BCUT2D eigenvalue weighted by molar-refractivity contribution is 7.16. The highest BCUT2D eigenvalue weighted by atomic mass is 32.1. The van der Waals surface area contributed by atoms with Crippen LogP contribution in [0.5, 0.6) is 0 Å². The molecular weight excluding hydrogens is 362 g/mol. The van der Waals surface area contributed by atoms with E-state index in [1.807, 2.05) is 49.6 Å². The van der Waals surface area contributed by atoms with E-state index in [1.54, 1.807) is 11.3 Å². The number of aromatic nitrogens is 2. The second-order valence-electron chi connectivity index (χ2n) is 5.92.